The van der Waals surface area contributed by atoms with E-state index in [4.69, 9.17) is 4.74 Å². The summed E-state index contributed by atoms with van der Waals surface area (Å²) in [5, 5.41) is 3.10. The monoisotopic (exact) mass is 405 g/mol. The summed E-state index contributed by atoms with van der Waals surface area (Å²) in [6, 6.07) is 19.3. The summed E-state index contributed by atoms with van der Waals surface area (Å²) in [5.74, 6) is 0.924. The number of rotatable bonds is 10. The number of hydrogen-bond acceptors (Lipinski definition) is 2. The number of ether oxygens (including phenoxy) is 1. The zero-order chi connectivity index (χ0) is 22.2. The Kier molecular flexibility index (Phi) is 13.0. The second-order valence-electron chi connectivity index (χ2n) is 7.04. The molecule has 2 aromatic rings. The molecule has 0 amide bonds. The molecule has 2 aromatic carbocycles. The molecule has 0 aliphatic heterocycles. The Morgan fingerprint density at radius 2 is 1.50 bits per heavy atom. The molecule has 0 saturated carbocycles. The van der Waals surface area contributed by atoms with Crippen LogP contribution in [0, 0.1) is 0 Å². The molecule has 0 saturated heterocycles. The first-order chi connectivity index (χ1) is 14.6. The molecule has 0 aliphatic rings. The van der Waals surface area contributed by atoms with Gasteiger partial charge in [-0.15, -0.1) is 6.58 Å². The van der Waals surface area contributed by atoms with E-state index in [1.165, 1.54) is 27.8 Å². The van der Waals surface area contributed by atoms with E-state index in [1.54, 1.807) is 6.08 Å². The molecule has 0 fully saturated rings. The van der Waals surface area contributed by atoms with Gasteiger partial charge in [-0.05, 0) is 74.6 Å². The molecule has 2 rings (SSSR count). The number of allylic oxidation sites excluding steroid dienone is 5. The topological polar surface area (TPSA) is 21.3 Å². The fourth-order valence-electron chi connectivity index (χ4n) is 3.30. The Labute approximate surface area is 184 Å². The van der Waals surface area contributed by atoms with Crippen molar-refractivity contribution in [3.8, 4) is 5.75 Å². The van der Waals surface area contributed by atoms with E-state index in [9.17, 15) is 0 Å². The van der Waals surface area contributed by atoms with E-state index in [0.717, 1.165) is 31.6 Å². The Hall–Kier alpha value is -2.58. The highest BCUT2D eigenvalue weighted by molar-refractivity contribution is 5.91. The first kappa shape index (κ1) is 25.5. The second-order valence-corrected chi connectivity index (χ2v) is 7.04. The molecule has 1 N–H and O–H groups in total. The van der Waals surface area contributed by atoms with Crippen molar-refractivity contribution in [3.05, 3.63) is 90.0 Å². The third-order valence-corrected chi connectivity index (χ3v) is 4.93. The summed E-state index contributed by atoms with van der Waals surface area (Å²) in [7, 11) is 1.94. The van der Waals surface area contributed by atoms with Crippen LogP contribution in [0.5, 0.6) is 5.75 Å². The first-order valence-electron chi connectivity index (χ1n) is 11.0. The van der Waals surface area contributed by atoms with Crippen LogP contribution in [-0.2, 0) is 0 Å². The van der Waals surface area contributed by atoms with Gasteiger partial charge in [-0.25, -0.2) is 0 Å². The van der Waals surface area contributed by atoms with E-state index < -0.39 is 0 Å². The van der Waals surface area contributed by atoms with Gasteiger partial charge in [0.2, 0.25) is 0 Å². The van der Waals surface area contributed by atoms with Crippen molar-refractivity contribution in [3.63, 3.8) is 0 Å². The Morgan fingerprint density at radius 1 is 0.900 bits per heavy atom. The lowest BCUT2D eigenvalue weighted by Crippen LogP contribution is -2.15. The summed E-state index contributed by atoms with van der Waals surface area (Å²) < 4.78 is 5.79. The zero-order valence-electron chi connectivity index (χ0n) is 19.5. The van der Waals surface area contributed by atoms with Crippen molar-refractivity contribution >= 4 is 11.1 Å². The fraction of sp³-hybridized carbons (Fsp3) is 0.357. The van der Waals surface area contributed by atoms with E-state index >= 15 is 0 Å². The molecule has 0 heterocycles. The minimum atomic E-state index is 0.682. The smallest absolute Gasteiger partial charge is 0.119 e. The molecule has 162 valence electrons. The average Bonchev–Trinajstić information content (AvgIpc) is 2.78. The molecule has 0 bridgehead atoms. The van der Waals surface area contributed by atoms with Crippen LogP contribution in [0.3, 0.4) is 0 Å². The fourth-order valence-corrected chi connectivity index (χ4v) is 3.30. The van der Waals surface area contributed by atoms with Crippen LogP contribution >= 0.6 is 0 Å². The van der Waals surface area contributed by atoms with Gasteiger partial charge in [0, 0.05) is 6.54 Å². The Bertz CT molecular complexity index is 785. The molecule has 0 atom stereocenters. The lowest BCUT2D eigenvalue weighted by atomic mass is 9.88. The van der Waals surface area contributed by atoms with Gasteiger partial charge in [0.05, 0.1) is 0 Å². The average molecular weight is 406 g/mol. The molecule has 0 radical (unpaired) electrons. The van der Waals surface area contributed by atoms with Crippen molar-refractivity contribution in [2.24, 2.45) is 0 Å². The second kappa shape index (κ2) is 15.3. The van der Waals surface area contributed by atoms with E-state index in [2.05, 4.69) is 93.3 Å². The maximum absolute atomic E-state index is 5.79. The molecule has 0 aliphatic carbocycles. The van der Waals surface area contributed by atoms with Crippen molar-refractivity contribution in [1.29, 1.82) is 0 Å². The number of hydrogen-bond donors (Lipinski definition) is 1. The molecule has 2 heteroatoms. The summed E-state index contributed by atoms with van der Waals surface area (Å²) in [4.78, 5) is 0. The normalized spacial score (nSPS) is 11.8. The van der Waals surface area contributed by atoms with Crippen molar-refractivity contribution < 1.29 is 4.74 Å². The van der Waals surface area contributed by atoms with Gasteiger partial charge >= 0.3 is 0 Å². The van der Waals surface area contributed by atoms with Gasteiger partial charge in [-0.1, -0.05) is 74.0 Å². The molecule has 30 heavy (non-hydrogen) atoms. The van der Waals surface area contributed by atoms with Crippen LogP contribution in [0.2, 0.25) is 0 Å². The lowest BCUT2D eigenvalue weighted by Gasteiger charge is -2.17. The lowest BCUT2D eigenvalue weighted by molar-refractivity contribution is 0.318. The summed E-state index contributed by atoms with van der Waals surface area (Å²) in [5.41, 5.74) is 6.91. The van der Waals surface area contributed by atoms with Gasteiger partial charge in [0.25, 0.3) is 0 Å². The van der Waals surface area contributed by atoms with Gasteiger partial charge in [0.15, 0.2) is 0 Å². The quantitative estimate of drug-likeness (QED) is 0.250. The van der Waals surface area contributed by atoms with Crippen LogP contribution in [0.1, 0.15) is 58.1 Å². The highest BCUT2D eigenvalue weighted by Crippen LogP contribution is 2.34. The predicted octanol–water partition coefficient (Wildman–Crippen LogP) is 7.54. The van der Waals surface area contributed by atoms with Gasteiger partial charge in [-0.2, -0.15) is 0 Å². The SMILES string of the molecule is C/C=C(\CC)C/C(=C(\CC)c1ccccc1)c1ccc(OCCNC)cc1.C=CC. The van der Waals surface area contributed by atoms with Crippen LogP contribution < -0.4 is 10.1 Å². The first-order valence-corrected chi connectivity index (χ1v) is 11.0. The van der Waals surface area contributed by atoms with E-state index in [1.807, 2.05) is 14.0 Å². The maximum Gasteiger partial charge on any atom is 0.119 e. The molecule has 0 aromatic heterocycles. The highest BCUT2D eigenvalue weighted by Gasteiger charge is 2.12. The standard InChI is InChI=1S/C25H33NO.C3H6/c1-5-20(6-2)19-25(24(7-3)21-11-9-8-10-12-21)22-13-15-23(16-14-22)27-18-17-26-4;1-3-2/h5,8-16,26H,6-7,17-19H2,1-4H3;3H,1H2,2H3/b20-5+,25-24-;. The van der Waals surface area contributed by atoms with Gasteiger partial charge < -0.3 is 10.1 Å². The maximum atomic E-state index is 5.79. The van der Waals surface area contributed by atoms with E-state index in [0.29, 0.717) is 6.61 Å². The Morgan fingerprint density at radius 3 is 2.00 bits per heavy atom. The summed E-state index contributed by atoms with van der Waals surface area (Å²) in [6.45, 7) is 13.4. The van der Waals surface area contributed by atoms with Crippen LogP contribution in [-0.4, -0.2) is 20.2 Å². The predicted molar refractivity (Wildman–Crippen MR) is 134 cm³/mol. The largest absolute Gasteiger partial charge is 0.492 e. The van der Waals surface area contributed by atoms with Gasteiger partial charge in [0.1, 0.15) is 12.4 Å². The third kappa shape index (κ3) is 8.42. The summed E-state index contributed by atoms with van der Waals surface area (Å²) >= 11 is 0. The minimum absolute atomic E-state index is 0.682. The van der Waals surface area contributed by atoms with Crippen LogP contribution in [0.25, 0.3) is 11.1 Å². The van der Waals surface area contributed by atoms with Crippen LogP contribution in [0.15, 0.2) is 78.9 Å². The van der Waals surface area contributed by atoms with Crippen molar-refractivity contribution in [1.82, 2.24) is 5.32 Å². The molecule has 0 unspecified atom stereocenters. The van der Waals surface area contributed by atoms with Crippen molar-refractivity contribution in [2.45, 2.75) is 47.0 Å². The zero-order valence-corrected chi connectivity index (χ0v) is 19.5. The van der Waals surface area contributed by atoms with E-state index in [-0.39, 0.29) is 0 Å². The molecular weight excluding hydrogens is 366 g/mol. The third-order valence-electron chi connectivity index (χ3n) is 4.93. The number of benzene rings is 2. The molecule has 2 nitrogen and oxygen atoms in total. The highest BCUT2D eigenvalue weighted by atomic mass is 16.5. The minimum Gasteiger partial charge on any atom is -0.492 e. The van der Waals surface area contributed by atoms with Crippen LogP contribution in [0.4, 0.5) is 0 Å². The molecule has 0 spiro atoms. The summed E-state index contributed by atoms with van der Waals surface area (Å²) in [6.07, 6.45) is 7.09. The van der Waals surface area contributed by atoms with Crippen molar-refractivity contribution in [2.75, 3.05) is 20.2 Å². The molecular formula is C28H39NO. The Balaban J connectivity index is 0.00000141. The number of likely N-dealkylation sites (N-methyl/N-ethyl adjacent to an activating group) is 1. The van der Waals surface area contributed by atoms with Gasteiger partial charge in [-0.3, -0.25) is 0 Å². The number of nitrogens with one attached hydrogen (secondary N) is 1.